The molecule has 0 aliphatic heterocycles. The zero-order valence-corrected chi connectivity index (χ0v) is 13.3. The van der Waals surface area contributed by atoms with Crippen LogP contribution in [0.1, 0.15) is 43.9 Å². The van der Waals surface area contributed by atoms with E-state index in [9.17, 15) is 17.6 Å². The zero-order chi connectivity index (χ0) is 17.5. The van der Waals surface area contributed by atoms with Crippen molar-refractivity contribution in [2.24, 2.45) is 5.92 Å². The van der Waals surface area contributed by atoms with Gasteiger partial charge in [0.05, 0.1) is 0 Å². The first-order chi connectivity index (χ1) is 11.3. The number of aromatic nitrogens is 1. The van der Waals surface area contributed by atoms with Crippen LogP contribution >= 0.6 is 0 Å². The van der Waals surface area contributed by atoms with Crippen molar-refractivity contribution in [3.63, 3.8) is 0 Å². The number of rotatable bonds is 5. The van der Waals surface area contributed by atoms with Crippen LogP contribution in [0.25, 0.3) is 0 Å². The Kier molecular flexibility index (Phi) is 4.24. The predicted octanol–water partition coefficient (Wildman–Crippen LogP) is 5.78. The molecule has 1 aliphatic carbocycles. The van der Waals surface area contributed by atoms with Crippen LogP contribution in [0.4, 0.5) is 17.6 Å². The van der Waals surface area contributed by atoms with Crippen LogP contribution in [-0.4, -0.2) is 4.98 Å². The van der Waals surface area contributed by atoms with Crippen molar-refractivity contribution in [1.29, 1.82) is 0 Å². The van der Waals surface area contributed by atoms with Gasteiger partial charge in [0.15, 0.2) is 17.4 Å². The number of alkyl halides is 2. The highest BCUT2D eigenvalue weighted by Gasteiger charge is 2.49. The van der Waals surface area contributed by atoms with Crippen molar-refractivity contribution in [3.8, 4) is 11.5 Å². The molecule has 0 amide bonds. The molecule has 3 rings (SSSR count). The van der Waals surface area contributed by atoms with E-state index in [4.69, 9.17) is 4.74 Å². The number of halogens is 4. The van der Waals surface area contributed by atoms with E-state index in [1.807, 2.05) is 13.8 Å². The summed E-state index contributed by atoms with van der Waals surface area (Å²) in [5.74, 6) is -6.25. The molecular formula is C18H17F4NO. The van der Waals surface area contributed by atoms with Crippen LogP contribution in [0.5, 0.6) is 11.5 Å². The molecule has 128 valence electrons. The summed E-state index contributed by atoms with van der Waals surface area (Å²) in [7, 11) is 0. The standard InChI is InChI=1S/C18H17F4NO/c1-10(2)11-7-14(19)17(15(20)8-11)24-13-5-6-23-16(9-13)18(21,22)12-3-4-12/h5-10,12H,3-4H2,1-2H3. The van der Waals surface area contributed by atoms with Gasteiger partial charge in [0.25, 0.3) is 5.92 Å². The first-order valence-corrected chi connectivity index (χ1v) is 7.80. The molecule has 0 saturated heterocycles. The van der Waals surface area contributed by atoms with Crippen molar-refractivity contribution in [3.05, 3.63) is 53.4 Å². The lowest BCUT2D eigenvalue weighted by atomic mass is 10.0. The minimum Gasteiger partial charge on any atom is -0.451 e. The summed E-state index contributed by atoms with van der Waals surface area (Å²) >= 11 is 0. The second-order valence-electron chi connectivity index (χ2n) is 6.34. The van der Waals surface area contributed by atoms with E-state index in [1.54, 1.807) is 0 Å². The number of hydrogen-bond acceptors (Lipinski definition) is 2. The fraction of sp³-hybridized carbons (Fsp3) is 0.389. The van der Waals surface area contributed by atoms with Crippen LogP contribution in [-0.2, 0) is 5.92 Å². The smallest absolute Gasteiger partial charge is 0.292 e. The first-order valence-electron chi connectivity index (χ1n) is 7.80. The number of pyridine rings is 1. The topological polar surface area (TPSA) is 22.1 Å². The van der Waals surface area contributed by atoms with E-state index < -0.39 is 34.9 Å². The summed E-state index contributed by atoms with van der Waals surface area (Å²) in [4.78, 5) is 3.68. The van der Waals surface area contributed by atoms with Crippen LogP contribution in [0.2, 0.25) is 0 Å². The SMILES string of the molecule is CC(C)c1cc(F)c(Oc2ccnc(C(F)(F)C3CC3)c2)c(F)c1. The van der Waals surface area contributed by atoms with Gasteiger partial charge < -0.3 is 4.74 Å². The first kappa shape index (κ1) is 16.7. The van der Waals surface area contributed by atoms with E-state index in [2.05, 4.69) is 4.98 Å². The Hall–Kier alpha value is -2.11. The Morgan fingerprint density at radius 2 is 1.75 bits per heavy atom. The normalized spacial score (nSPS) is 15.0. The second-order valence-corrected chi connectivity index (χ2v) is 6.34. The van der Waals surface area contributed by atoms with Crippen LogP contribution in [0.15, 0.2) is 30.5 Å². The quantitative estimate of drug-likeness (QED) is 0.645. The van der Waals surface area contributed by atoms with Gasteiger partial charge in [-0.15, -0.1) is 0 Å². The molecule has 0 unspecified atom stereocenters. The number of hydrogen-bond donors (Lipinski definition) is 0. The van der Waals surface area contributed by atoms with Gasteiger partial charge in [-0.05, 0) is 42.5 Å². The highest BCUT2D eigenvalue weighted by atomic mass is 19.3. The van der Waals surface area contributed by atoms with E-state index in [-0.39, 0.29) is 11.7 Å². The van der Waals surface area contributed by atoms with Crippen LogP contribution in [0.3, 0.4) is 0 Å². The minimum atomic E-state index is -3.06. The Balaban J connectivity index is 1.89. The van der Waals surface area contributed by atoms with E-state index in [0.29, 0.717) is 18.4 Å². The fourth-order valence-corrected chi connectivity index (χ4v) is 2.44. The van der Waals surface area contributed by atoms with Gasteiger partial charge in [-0.1, -0.05) is 13.8 Å². The summed E-state index contributed by atoms with van der Waals surface area (Å²) in [6.07, 6.45) is 2.04. The number of nitrogens with zero attached hydrogens (tertiary/aromatic N) is 1. The number of ether oxygens (including phenoxy) is 1. The van der Waals surface area contributed by atoms with E-state index in [1.165, 1.54) is 18.2 Å². The third kappa shape index (κ3) is 3.23. The Morgan fingerprint density at radius 3 is 2.29 bits per heavy atom. The molecule has 24 heavy (non-hydrogen) atoms. The second kappa shape index (κ2) is 6.07. The molecule has 2 nitrogen and oxygen atoms in total. The van der Waals surface area contributed by atoms with Crippen molar-refractivity contribution >= 4 is 0 Å². The average molecular weight is 339 g/mol. The van der Waals surface area contributed by atoms with Crippen molar-refractivity contribution in [2.45, 2.75) is 38.5 Å². The van der Waals surface area contributed by atoms with Crippen LogP contribution < -0.4 is 4.74 Å². The Bertz CT molecular complexity index is 733. The summed E-state index contributed by atoms with van der Waals surface area (Å²) in [5.41, 5.74) is 0.0511. The summed E-state index contributed by atoms with van der Waals surface area (Å²) in [6, 6.07) is 4.70. The van der Waals surface area contributed by atoms with Crippen molar-refractivity contribution in [1.82, 2.24) is 4.98 Å². The summed E-state index contributed by atoms with van der Waals surface area (Å²) in [5, 5.41) is 0. The van der Waals surface area contributed by atoms with Gasteiger partial charge in [0.1, 0.15) is 11.4 Å². The third-order valence-electron chi connectivity index (χ3n) is 4.07. The zero-order valence-electron chi connectivity index (χ0n) is 13.3. The molecule has 6 heteroatoms. The predicted molar refractivity (Wildman–Crippen MR) is 81.4 cm³/mol. The molecule has 1 fully saturated rings. The highest BCUT2D eigenvalue weighted by Crippen LogP contribution is 2.49. The Morgan fingerprint density at radius 1 is 1.12 bits per heavy atom. The molecule has 1 aromatic carbocycles. The van der Waals surface area contributed by atoms with Crippen molar-refractivity contribution < 1.29 is 22.3 Å². The van der Waals surface area contributed by atoms with Gasteiger partial charge >= 0.3 is 0 Å². The van der Waals surface area contributed by atoms with Crippen molar-refractivity contribution in [2.75, 3.05) is 0 Å². The number of benzene rings is 1. The molecule has 1 saturated carbocycles. The maximum absolute atomic E-state index is 14.1. The molecule has 0 bridgehead atoms. The maximum Gasteiger partial charge on any atom is 0.292 e. The summed E-state index contributed by atoms with van der Waals surface area (Å²) < 4.78 is 61.6. The monoisotopic (exact) mass is 339 g/mol. The highest BCUT2D eigenvalue weighted by molar-refractivity contribution is 5.37. The van der Waals surface area contributed by atoms with Gasteiger partial charge in [-0.25, -0.2) is 8.78 Å². The van der Waals surface area contributed by atoms with E-state index >= 15 is 0 Å². The van der Waals surface area contributed by atoms with E-state index in [0.717, 1.165) is 12.3 Å². The van der Waals surface area contributed by atoms with Crippen LogP contribution in [0, 0.1) is 17.6 Å². The van der Waals surface area contributed by atoms with Gasteiger partial charge in [0.2, 0.25) is 0 Å². The lowest BCUT2D eigenvalue weighted by Crippen LogP contribution is -2.17. The van der Waals surface area contributed by atoms with Gasteiger partial charge in [-0.3, -0.25) is 4.98 Å². The fourth-order valence-electron chi connectivity index (χ4n) is 2.44. The molecule has 0 radical (unpaired) electrons. The van der Waals surface area contributed by atoms with Gasteiger partial charge in [0, 0.05) is 18.2 Å². The molecule has 0 atom stereocenters. The third-order valence-corrected chi connectivity index (χ3v) is 4.07. The molecule has 1 aliphatic rings. The minimum absolute atomic E-state index is 0.0483. The average Bonchev–Trinajstić information content (AvgIpc) is 3.36. The largest absolute Gasteiger partial charge is 0.451 e. The maximum atomic E-state index is 14.1. The molecule has 0 spiro atoms. The lowest BCUT2D eigenvalue weighted by molar-refractivity contribution is -0.0330. The van der Waals surface area contributed by atoms with Gasteiger partial charge in [-0.2, -0.15) is 8.78 Å². The molecule has 1 aromatic heterocycles. The molecule has 1 heterocycles. The molecule has 2 aromatic rings. The lowest BCUT2D eigenvalue weighted by Gasteiger charge is -2.16. The molecule has 0 N–H and O–H groups in total. The Labute approximate surface area is 137 Å². The molecular weight excluding hydrogens is 322 g/mol. The summed E-state index contributed by atoms with van der Waals surface area (Å²) in [6.45, 7) is 3.62.